The van der Waals surface area contributed by atoms with Crippen molar-refractivity contribution in [3.63, 3.8) is 0 Å². The van der Waals surface area contributed by atoms with Crippen molar-refractivity contribution < 1.29 is 4.74 Å². The van der Waals surface area contributed by atoms with Crippen molar-refractivity contribution in [2.75, 3.05) is 6.61 Å². The van der Waals surface area contributed by atoms with Gasteiger partial charge in [-0.15, -0.1) is 5.10 Å². The number of benzene rings is 1. The minimum Gasteiger partial charge on any atom is -0.369 e. The Kier molecular flexibility index (Phi) is 4.84. The van der Waals surface area contributed by atoms with Crippen LogP contribution in [0.5, 0.6) is 0 Å². The summed E-state index contributed by atoms with van der Waals surface area (Å²) in [5, 5.41) is 15.7. The number of ether oxygens (including phenoxy) is 1. The number of pyridine rings is 1. The zero-order chi connectivity index (χ0) is 19.8. The number of halogens is 1. The van der Waals surface area contributed by atoms with E-state index < -0.39 is 5.60 Å². The van der Waals surface area contributed by atoms with E-state index in [1.165, 1.54) is 17.7 Å². The molecule has 0 radical (unpaired) electrons. The molecule has 0 spiro atoms. The molecule has 7 heteroatoms. The summed E-state index contributed by atoms with van der Waals surface area (Å²) in [4.78, 5) is 5.22. The Morgan fingerprint density at radius 1 is 1.10 bits per heavy atom. The highest BCUT2D eigenvalue weighted by Gasteiger charge is 2.39. The van der Waals surface area contributed by atoms with Gasteiger partial charge in [-0.2, -0.15) is 0 Å². The number of nitrogens with one attached hydrogen (secondary N) is 1. The Hall–Kier alpha value is -2.31. The SMILES string of the molecule is CC1(c2nc3c(c(-c4cccc(Cl)c4)c2-c2nnn[nH]2)CCCCC3)CCCO1. The van der Waals surface area contributed by atoms with Gasteiger partial charge in [0.15, 0.2) is 5.82 Å². The molecule has 1 unspecified atom stereocenters. The number of fused-ring (bicyclic) bond motifs is 1. The summed E-state index contributed by atoms with van der Waals surface area (Å²) in [6.45, 7) is 2.89. The van der Waals surface area contributed by atoms with E-state index in [0.29, 0.717) is 10.8 Å². The highest BCUT2D eigenvalue weighted by Crippen LogP contribution is 2.46. The molecule has 2 aliphatic rings. The highest BCUT2D eigenvalue weighted by atomic mass is 35.5. The van der Waals surface area contributed by atoms with Crippen molar-refractivity contribution in [2.45, 2.75) is 57.5 Å². The standard InChI is InChI=1S/C22H24ClN5O/c1-22(11-6-12-29-22)20-19(21-25-27-28-26-21)18(14-7-5-8-15(23)13-14)16-9-3-2-4-10-17(16)24-20/h5,7-8,13H,2-4,6,9-12H2,1H3,(H,25,26,27,28). The zero-order valence-corrected chi connectivity index (χ0v) is 17.3. The maximum Gasteiger partial charge on any atom is 0.182 e. The van der Waals surface area contributed by atoms with E-state index in [1.807, 2.05) is 18.2 Å². The van der Waals surface area contributed by atoms with Crippen LogP contribution in [0.25, 0.3) is 22.5 Å². The summed E-state index contributed by atoms with van der Waals surface area (Å²) in [5.41, 5.74) is 6.13. The van der Waals surface area contributed by atoms with E-state index in [2.05, 4.69) is 33.6 Å². The summed E-state index contributed by atoms with van der Waals surface area (Å²) >= 11 is 6.39. The Labute approximate surface area is 175 Å². The van der Waals surface area contributed by atoms with Gasteiger partial charge in [0, 0.05) is 17.3 Å². The number of hydrogen-bond donors (Lipinski definition) is 1. The lowest BCUT2D eigenvalue weighted by Gasteiger charge is -2.28. The monoisotopic (exact) mass is 409 g/mol. The van der Waals surface area contributed by atoms with E-state index >= 15 is 0 Å². The summed E-state index contributed by atoms with van der Waals surface area (Å²) < 4.78 is 6.23. The molecule has 1 atom stereocenters. The van der Waals surface area contributed by atoms with Crippen molar-refractivity contribution >= 4 is 11.6 Å². The summed E-state index contributed by atoms with van der Waals surface area (Å²) in [7, 11) is 0. The van der Waals surface area contributed by atoms with Crippen molar-refractivity contribution in [3.05, 3.63) is 46.2 Å². The van der Waals surface area contributed by atoms with Gasteiger partial charge in [-0.3, -0.25) is 4.98 Å². The van der Waals surface area contributed by atoms with Gasteiger partial charge in [0.1, 0.15) is 5.60 Å². The molecule has 0 saturated carbocycles. The number of aromatic nitrogens is 5. The molecule has 150 valence electrons. The van der Waals surface area contributed by atoms with Crippen LogP contribution in [0, 0.1) is 0 Å². The van der Waals surface area contributed by atoms with Crippen molar-refractivity contribution in [1.82, 2.24) is 25.6 Å². The summed E-state index contributed by atoms with van der Waals surface area (Å²) in [6, 6.07) is 8.04. The molecular weight excluding hydrogens is 386 g/mol. The van der Waals surface area contributed by atoms with Crippen molar-refractivity contribution in [1.29, 1.82) is 0 Å². The van der Waals surface area contributed by atoms with E-state index in [-0.39, 0.29) is 0 Å². The van der Waals surface area contributed by atoms with Gasteiger partial charge < -0.3 is 4.74 Å². The molecule has 0 amide bonds. The largest absolute Gasteiger partial charge is 0.369 e. The van der Waals surface area contributed by atoms with Gasteiger partial charge in [0.2, 0.25) is 0 Å². The smallest absolute Gasteiger partial charge is 0.182 e. The van der Waals surface area contributed by atoms with E-state index in [9.17, 15) is 0 Å². The van der Waals surface area contributed by atoms with Crippen LogP contribution in [-0.4, -0.2) is 32.2 Å². The second-order valence-corrected chi connectivity index (χ2v) is 8.58. The first-order valence-corrected chi connectivity index (χ1v) is 10.7. The van der Waals surface area contributed by atoms with E-state index in [1.54, 1.807) is 0 Å². The fourth-order valence-corrected chi connectivity index (χ4v) is 4.92. The lowest BCUT2D eigenvalue weighted by atomic mass is 9.84. The summed E-state index contributed by atoms with van der Waals surface area (Å²) in [6.07, 6.45) is 7.47. The predicted octanol–water partition coefficient (Wildman–Crippen LogP) is 4.88. The van der Waals surface area contributed by atoms with Crippen molar-refractivity contribution in [3.8, 4) is 22.5 Å². The first-order valence-electron chi connectivity index (χ1n) is 10.4. The molecule has 1 aliphatic carbocycles. The normalized spacial score (nSPS) is 21.7. The third-order valence-electron chi connectivity index (χ3n) is 6.14. The number of aromatic amines is 1. The van der Waals surface area contributed by atoms with E-state index in [0.717, 1.165) is 67.5 Å². The Morgan fingerprint density at radius 3 is 2.76 bits per heavy atom. The second-order valence-electron chi connectivity index (χ2n) is 8.14. The molecule has 0 bridgehead atoms. The number of hydrogen-bond acceptors (Lipinski definition) is 5. The minimum atomic E-state index is -0.448. The Morgan fingerprint density at radius 2 is 2.00 bits per heavy atom. The molecule has 3 heterocycles. The van der Waals surface area contributed by atoms with Gasteiger partial charge in [-0.05, 0) is 84.7 Å². The third-order valence-corrected chi connectivity index (χ3v) is 6.37. The number of nitrogens with zero attached hydrogens (tertiary/aromatic N) is 4. The Balaban J connectivity index is 1.87. The van der Waals surface area contributed by atoms with Gasteiger partial charge >= 0.3 is 0 Å². The van der Waals surface area contributed by atoms with Crippen LogP contribution in [0.4, 0.5) is 0 Å². The number of tetrazole rings is 1. The maximum atomic E-state index is 6.39. The van der Waals surface area contributed by atoms with Gasteiger partial charge in [-0.1, -0.05) is 30.2 Å². The third kappa shape index (κ3) is 3.34. The van der Waals surface area contributed by atoms with Crippen LogP contribution in [0.3, 0.4) is 0 Å². The van der Waals surface area contributed by atoms with Gasteiger partial charge in [0.05, 0.1) is 11.3 Å². The average Bonchev–Trinajstić information content (AvgIpc) is 3.35. The lowest BCUT2D eigenvalue weighted by Crippen LogP contribution is -2.25. The molecule has 3 aromatic rings. The quantitative estimate of drug-likeness (QED) is 0.624. The number of aryl methyl sites for hydroxylation is 1. The highest BCUT2D eigenvalue weighted by molar-refractivity contribution is 6.30. The molecule has 1 aliphatic heterocycles. The second kappa shape index (κ2) is 7.50. The molecule has 2 aromatic heterocycles. The van der Waals surface area contributed by atoms with E-state index in [4.69, 9.17) is 21.3 Å². The fraction of sp³-hybridized carbons (Fsp3) is 0.455. The minimum absolute atomic E-state index is 0.448. The molecule has 1 aromatic carbocycles. The van der Waals surface area contributed by atoms with Gasteiger partial charge in [0.25, 0.3) is 0 Å². The summed E-state index contributed by atoms with van der Waals surface area (Å²) in [5.74, 6) is 0.631. The molecule has 1 saturated heterocycles. The van der Waals surface area contributed by atoms with Crippen LogP contribution in [0.15, 0.2) is 24.3 Å². The molecule has 5 rings (SSSR count). The zero-order valence-electron chi connectivity index (χ0n) is 16.5. The van der Waals surface area contributed by atoms with Crippen LogP contribution in [0.1, 0.15) is 56.0 Å². The lowest BCUT2D eigenvalue weighted by molar-refractivity contribution is 0.0136. The first-order chi connectivity index (χ1) is 14.2. The Bertz CT molecular complexity index is 1030. The number of rotatable bonds is 3. The maximum absolute atomic E-state index is 6.39. The molecule has 6 nitrogen and oxygen atoms in total. The molecule has 1 fully saturated rings. The van der Waals surface area contributed by atoms with Crippen LogP contribution >= 0.6 is 11.6 Å². The van der Waals surface area contributed by atoms with Crippen LogP contribution in [0.2, 0.25) is 5.02 Å². The average molecular weight is 410 g/mol. The first kappa shape index (κ1) is 18.7. The molecule has 29 heavy (non-hydrogen) atoms. The topological polar surface area (TPSA) is 76.6 Å². The van der Waals surface area contributed by atoms with Crippen molar-refractivity contribution in [2.24, 2.45) is 0 Å². The number of H-pyrrole nitrogens is 1. The predicted molar refractivity (Wildman–Crippen MR) is 112 cm³/mol. The van der Waals surface area contributed by atoms with Gasteiger partial charge in [-0.25, -0.2) is 5.10 Å². The molecule has 1 N–H and O–H groups in total. The fourth-order valence-electron chi connectivity index (χ4n) is 4.73. The molecular formula is C22H24ClN5O. The van der Waals surface area contributed by atoms with Crippen LogP contribution in [-0.2, 0) is 23.2 Å². The van der Waals surface area contributed by atoms with Crippen LogP contribution < -0.4 is 0 Å².